The molecule has 1 atom stereocenters. The lowest BCUT2D eigenvalue weighted by molar-refractivity contribution is 0.0937. The van der Waals surface area contributed by atoms with Crippen molar-refractivity contribution in [3.8, 4) is 5.75 Å². The maximum absolute atomic E-state index is 12.1. The van der Waals surface area contributed by atoms with E-state index in [4.69, 9.17) is 0 Å². The number of benzene rings is 1. The highest BCUT2D eigenvalue weighted by Crippen LogP contribution is 2.24. The smallest absolute Gasteiger partial charge is 0.255 e. The molecular weight excluding hydrogens is 328 g/mol. The minimum absolute atomic E-state index is 0.0387. The number of thiazole rings is 1. The van der Waals surface area contributed by atoms with Crippen LogP contribution in [0.5, 0.6) is 5.75 Å². The minimum Gasteiger partial charge on any atom is -0.507 e. The van der Waals surface area contributed by atoms with Crippen LogP contribution < -0.4 is 5.32 Å². The van der Waals surface area contributed by atoms with E-state index in [0.717, 1.165) is 14.4 Å². The lowest BCUT2D eigenvalue weighted by Crippen LogP contribution is -2.26. The van der Waals surface area contributed by atoms with Gasteiger partial charge in [-0.15, -0.1) is 11.3 Å². The van der Waals surface area contributed by atoms with E-state index in [-0.39, 0.29) is 23.3 Å². The molecule has 0 aliphatic carbocycles. The molecule has 0 saturated carbocycles. The SMILES string of the molecule is Cc1cnc(C(C)NC(=O)c2cc(Br)ccc2O)s1. The molecule has 0 saturated heterocycles. The molecule has 2 aromatic rings. The number of carbonyl (C=O) groups excluding carboxylic acids is 1. The quantitative estimate of drug-likeness (QED) is 0.899. The van der Waals surface area contributed by atoms with E-state index >= 15 is 0 Å². The summed E-state index contributed by atoms with van der Waals surface area (Å²) >= 11 is 4.82. The van der Waals surface area contributed by atoms with Crippen LogP contribution >= 0.6 is 27.3 Å². The Morgan fingerprint density at radius 3 is 2.89 bits per heavy atom. The third-order valence-corrected chi connectivity index (χ3v) is 4.15. The fourth-order valence-corrected chi connectivity index (χ4v) is 2.74. The molecule has 1 heterocycles. The summed E-state index contributed by atoms with van der Waals surface area (Å²) in [6.45, 7) is 3.83. The summed E-state index contributed by atoms with van der Waals surface area (Å²) in [5.41, 5.74) is 0.245. The molecule has 2 rings (SSSR count). The van der Waals surface area contributed by atoms with E-state index in [9.17, 15) is 9.90 Å². The van der Waals surface area contributed by atoms with Gasteiger partial charge in [0.15, 0.2) is 0 Å². The third-order valence-electron chi connectivity index (χ3n) is 2.56. The van der Waals surface area contributed by atoms with Gasteiger partial charge >= 0.3 is 0 Å². The van der Waals surface area contributed by atoms with Crippen LogP contribution in [0.1, 0.15) is 33.2 Å². The first-order chi connectivity index (χ1) is 8.97. The lowest BCUT2D eigenvalue weighted by atomic mass is 10.2. The average Bonchev–Trinajstić information content (AvgIpc) is 2.79. The molecule has 19 heavy (non-hydrogen) atoms. The van der Waals surface area contributed by atoms with Gasteiger partial charge in [-0.1, -0.05) is 15.9 Å². The topological polar surface area (TPSA) is 62.2 Å². The van der Waals surface area contributed by atoms with Crippen LogP contribution in [0.2, 0.25) is 0 Å². The Morgan fingerprint density at radius 2 is 2.26 bits per heavy atom. The van der Waals surface area contributed by atoms with Gasteiger partial charge in [-0.3, -0.25) is 4.79 Å². The number of aromatic nitrogens is 1. The molecule has 0 radical (unpaired) electrons. The van der Waals surface area contributed by atoms with Crippen molar-refractivity contribution < 1.29 is 9.90 Å². The van der Waals surface area contributed by atoms with Gasteiger partial charge in [0.25, 0.3) is 5.91 Å². The first kappa shape index (κ1) is 14.0. The Hall–Kier alpha value is -1.40. The Labute approximate surface area is 123 Å². The standard InChI is InChI=1S/C13H13BrN2O2S/c1-7-6-15-13(19-7)8(2)16-12(18)10-5-9(14)3-4-11(10)17/h3-6,8,17H,1-2H3,(H,16,18). The zero-order chi connectivity index (χ0) is 14.0. The molecule has 0 fully saturated rings. The molecule has 0 spiro atoms. The number of nitrogens with one attached hydrogen (secondary N) is 1. The number of carbonyl (C=O) groups is 1. The molecular formula is C13H13BrN2O2S. The maximum atomic E-state index is 12.1. The van der Waals surface area contributed by atoms with Gasteiger partial charge in [0.2, 0.25) is 0 Å². The number of hydrogen-bond donors (Lipinski definition) is 2. The van der Waals surface area contributed by atoms with E-state index in [1.54, 1.807) is 29.7 Å². The number of phenolic OH excluding ortho intramolecular Hbond substituents is 1. The van der Waals surface area contributed by atoms with Gasteiger partial charge in [-0.25, -0.2) is 4.98 Å². The summed E-state index contributed by atoms with van der Waals surface area (Å²) in [5.74, 6) is -0.359. The fourth-order valence-electron chi connectivity index (χ4n) is 1.60. The Balaban J connectivity index is 2.15. The monoisotopic (exact) mass is 340 g/mol. The van der Waals surface area contributed by atoms with Crippen molar-refractivity contribution in [2.75, 3.05) is 0 Å². The van der Waals surface area contributed by atoms with Gasteiger partial charge in [0, 0.05) is 15.5 Å². The van der Waals surface area contributed by atoms with E-state index < -0.39 is 0 Å². The third kappa shape index (κ3) is 3.33. The van der Waals surface area contributed by atoms with Crippen LogP contribution in [0.25, 0.3) is 0 Å². The number of nitrogens with zero attached hydrogens (tertiary/aromatic N) is 1. The summed E-state index contributed by atoms with van der Waals surface area (Å²) in [6.07, 6.45) is 1.78. The number of aryl methyl sites for hydroxylation is 1. The molecule has 2 N–H and O–H groups in total. The van der Waals surface area contributed by atoms with Crippen molar-refractivity contribution in [2.45, 2.75) is 19.9 Å². The second kappa shape index (κ2) is 5.71. The number of phenols is 1. The summed E-state index contributed by atoms with van der Waals surface area (Å²) in [4.78, 5) is 17.4. The van der Waals surface area contributed by atoms with Crippen LogP contribution in [0.15, 0.2) is 28.9 Å². The van der Waals surface area contributed by atoms with Crippen molar-refractivity contribution in [1.29, 1.82) is 0 Å². The van der Waals surface area contributed by atoms with Gasteiger partial charge in [-0.05, 0) is 32.0 Å². The van der Waals surface area contributed by atoms with E-state index in [0.29, 0.717) is 0 Å². The van der Waals surface area contributed by atoms with Crippen LogP contribution in [-0.2, 0) is 0 Å². The molecule has 1 amide bonds. The molecule has 1 aromatic heterocycles. The number of halogens is 1. The normalized spacial score (nSPS) is 12.2. The van der Waals surface area contributed by atoms with Crippen molar-refractivity contribution >= 4 is 33.2 Å². The second-order valence-corrected chi connectivity index (χ2v) is 6.35. The van der Waals surface area contributed by atoms with Gasteiger partial charge < -0.3 is 10.4 Å². The van der Waals surface area contributed by atoms with Crippen LogP contribution in [0.3, 0.4) is 0 Å². The number of aromatic hydroxyl groups is 1. The summed E-state index contributed by atoms with van der Waals surface area (Å²) in [6, 6.07) is 4.56. The first-order valence-corrected chi connectivity index (χ1v) is 7.30. The van der Waals surface area contributed by atoms with Crippen molar-refractivity contribution in [1.82, 2.24) is 10.3 Å². The highest BCUT2D eigenvalue weighted by Gasteiger charge is 2.16. The van der Waals surface area contributed by atoms with E-state index in [1.807, 2.05) is 13.8 Å². The van der Waals surface area contributed by atoms with Crippen molar-refractivity contribution in [3.05, 3.63) is 44.3 Å². The summed E-state index contributed by atoms with van der Waals surface area (Å²) < 4.78 is 0.744. The van der Waals surface area contributed by atoms with E-state index in [2.05, 4.69) is 26.2 Å². The fraction of sp³-hybridized carbons (Fsp3) is 0.231. The molecule has 0 bridgehead atoms. The molecule has 0 aliphatic heterocycles. The largest absolute Gasteiger partial charge is 0.507 e. The Bertz CT molecular complexity index is 612. The number of hydrogen-bond acceptors (Lipinski definition) is 4. The highest BCUT2D eigenvalue weighted by atomic mass is 79.9. The highest BCUT2D eigenvalue weighted by molar-refractivity contribution is 9.10. The van der Waals surface area contributed by atoms with Crippen molar-refractivity contribution in [2.24, 2.45) is 0 Å². The summed E-state index contributed by atoms with van der Waals surface area (Å²) in [5, 5.41) is 13.4. The predicted molar refractivity (Wildman–Crippen MR) is 78.5 cm³/mol. The molecule has 6 heteroatoms. The zero-order valence-electron chi connectivity index (χ0n) is 10.5. The molecule has 4 nitrogen and oxygen atoms in total. The molecule has 1 aromatic carbocycles. The van der Waals surface area contributed by atoms with Crippen molar-refractivity contribution in [3.63, 3.8) is 0 Å². The zero-order valence-corrected chi connectivity index (χ0v) is 12.9. The minimum atomic E-state index is -0.320. The number of amides is 1. The van der Waals surface area contributed by atoms with E-state index in [1.165, 1.54) is 6.07 Å². The lowest BCUT2D eigenvalue weighted by Gasteiger charge is -2.12. The molecule has 100 valence electrons. The van der Waals surface area contributed by atoms with Crippen LogP contribution in [0, 0.1) is 6.92 Å². The van der Waals surface area contributed by atoms with Crippen LogP contribution in [-0.4, -0.2) is 16.0 Å². The summed E-state index contributed by atoms with van der Waals surface area (Å²) in [7, 11) is 0. The van der Waals surface area contributed by atoms with Gasteiger partial charge in [-0.2, -0.15) is 0 Å². The predicted octanol–water partition coefficient (Wildman–Crippen LogP) is 3.41. The number of rotatable bonds is 3. The second-order valence-electron chi connectivity index (χ2n) is 4.17. The average molecular weight is 341 g/mol. The molecule has 0 aliphatic rings. The van der Waals surface area contributed by atoms with Gasteiger partial charge in [0.05, 0.1) is 11.6 Å². The Morgan fingerprint density at radius 1 is 1.53 bits per heavy atom. The maximum Gasteiger partial charge on any atom is 0.255 e. The first-order valence-electron chi connectivity index (χ1n) is 5.69. The van der Waals surface area contributed by atoms with Crippen LogP contribution in [0.4, 0.5) is 0 Å². The van der Waals surface area contributed by atoms with Gasteiger partial charge in [0.1, 0.15) is 10.8 Å². The Kier molecular flexibility index (Phi) is 4.21. The molecule has 1 unspecified atom stereocenters.